The van der Waals surface area contributed by atoms with Gasteiger partial charge in [0.1, 0.15) is 0 Å². The molecule has 0 saturated heterocycles. The van der Waals surface area contributed by atoms with Gasteiger partial charge in [0.2, 0.25) is 0 Å². The number of nitrogens with one attached hydrogen (secondary N) is 2. The first-order chi connectivity index (χ1) is 12.2. The van der Waals surface area contributed by atoms with Gasteiger partial charge in [-0.2, -0.15) is 0 Å². The summed E-state index contributed by atoms with van der Waals surface area (Å²) in [5.74, 6) is 0. The normalized spacial score (nSPS) is 13.3. The minimum absolute atomic E-state index is 0.197. The average Bonchev–Trinajstić information content (AvgIpc) is 2.63. The number of benzene rings is 2. The summed E-state index contributed by atoms with van der Waals surface area (Å²) in [5.41, 5.74) is 4.79. The number of rotatable bonds is 5. The van der Waals surface area contributed by atoms with Crippen LogP contribution in [0, 0.1) is 0 Å². The molecule has 2 aromatic rings. The molecule has 0 bridgehead atoms. The van der Waals surface area contributed by atoms with Crippen LogP contribution in [0.3, 0.4) is 0 Å². The number of halogens is 1. The molecular weight excluding hydrogens is 334 g/mol. The number of carbonyl (C=O) groups excluding carboxylic acids is 1. The molecule has 0 aromatic heterocycles. The zero-order valence-electron chi connectivity index (χ0n) is 14.5. The lowest BCUT2D eigenvalue weighted by Gasteiger charge is -2.30. The van der Waals surface area contributed by atoms with Crippen LogP contribution in [0.25, 0.3) is 0 Å². The van der Waals surface area contributed by atoms with E-state index in [9.17, 15) is 4.79 Å². The Hall–Kier alpha value is -2.20. The Kier molecular flexibility index (Phi) is 5.82. The van der Waals surface area contributed by atoms with Crippen molar-refractivity contribution in [3.8, 4) is 0 Å². The third-order valence-corrected chi connectivity index (χ3v) is 4.79. The molecule has 0 fully saturated rings. The Bertz CT molecular complexity index is 730. The average molecular weight is 358 g/mol. The summed E-state index contributed by atoms with van der Waals surface area (Å²) in [5, 5.41) is 6.36. The molecule has 3 rings (SSSR count). The van der Waals surface area contributed by atoms with Crippen LogP contribution in [0.15, 0.2) is 42.5 Å². The molecule has 1 aliphatic heterocycles. The van der Waals surface area contributed by atoms with E-state index in [1.807, 2.05) is 0 Å². The highest BCUT2D eigenvalue weighted by molar-refractivity contribution is 6.30. The third kappa shape index (κ3) is 4.67. The second-order valence-electron chi connectivity index (χ2n) is 6.28. The maximum Gasteiger partial charge on any atom is 0.319 e. The lowest BCUT2D eigenvalue weighted by Crippen LogP contribution is -2.30. The maximum atomic E-state index is 11.9. The van der Waals surface area contributed by atoms with Gasteiger partial charge in [0.15, 0.2) is 0 Å². The van der Waals surface area contributed by atoms with E-state index in [0.29, 0.717) is 11.6 Å². The van der Waals surface area contributed by atoms with Crippen molar-refractivity contribution in [2.24, 2.45) is 0 Å². The van der Waals surface area contributed by atoms with E-state index in [0.717, 1.165) is 31.6 Å². The number of carbonyl (C=O) groups is 1. The molecule has 0 radical (unpaired) electrons. The van der Waals surface area contributed by atoms with Crippen molar-refractivity contribution in [2.75, 3.05) is 29.9 Å². The van der Waals surface area contributed by atoms with Crippen molar-refractivity contribution in [3.05, 3.63) is 58.6 Å². The highest BCUT2D eigenvalue weighted by atomic mass is 35.5. The molecule has 4 nitrogen and oxygen atoms in total. The number of urea groups is 1. The first-order valence-corrected chi connectivity index (χ1v) is 9.20. The first-order valence-electron chi connectivity index (χ1n) is 8.83. The molecular formula is C20H24ClN3O. The number of fused-ring (bicyclic) bond motifs is 1. The van der Waals surface area contributed by atoms with Crippen LogP contribution >= 0.6 is 11.6 Å². The van der Waals surface area contributed by atoms with Gasteiger partial charge in [-0.3, -0.25) is 0 Å². The number of aryl methyl sites for hydroxylation is 1. The van der Waals surface area contributed by atoms with Crippen LogP contribution in [0.1, 0.15) is 24.5 Å². The molecule has 2 N–H and O–H groups in total. The number of hydrogen-bond acceptors (Lipinski definition) is 2. The lowest BCUT2D eigenvalue weighted by molar-refractivity contribution is 0.252. The Balaban J connectivity index is 1.50. The molecule has 0 aliphatic carbocycles. The summed E-state index contributed by atoms with van der Waals surface area (Å²) in [6.45, 7) is 5.01. The highest BCUT2D eigenvalue weighted by Gasteiger charge is 2.15. The molecule has 0 saturated carbocycles. The fraction of sp³-hybridized carbons (Fsp3) is 0.350. The zero-order chi connectivity index (χ0) is 17.6. The van der Waals surface area contributed by atoms with Gasteiger partial charge in [-0.15, -0.1) is 0 Å². The number of nitrogens with zero attached hydrogens (tertiary/aromatic N) is 1. The Morgan fingerprint density at radius 2 is 2.00 bits per heavy atom. The molecule has 2 amide bonds. The van der Waals surface area contributed by atoms with Crippen molar-refractivity contribution >= 4 is 29.0 Å². The van der Waals surface area contributed by atoms with Gasteiger partial charge in [0, 0.05) is 36.0 Å². The summed E-state index contributed by atoms with van der Waals surface area (Å²) < 4.78 is 0. The molecule has 5 heteroatoms. The van der Waals surface area contributed by atoms with E-state index in [4.69, 9.17) is 11.6 Å². The van der Waals surface area contributed by atoms with E-state index in [-0.39, 0.29) is 6.03 Å². The number of amides is 2. The van der Waals surface area contributed by atoms with Crippen LogP contribution in [-0.4, -0.2) is 25.7 Å². The van der Waals surface area contributed by atoms with Crippen molar-refractivity contribution < 1.29 is 4.79 Å². The largest absolute Gasteiger partial charge is 0.372 e. The van der Waals surface area contributed by atoms with E-state index < -0.39 is 0 Å². The minimum Gasteiger partial charge on any atom is -0.372 e. The van der Waals surface area contributed by atoms with Crippen molar-refractivity contribution in [1.29, 1.82) is 0 Å². The summed E-state index contributed by atoms with van der Waals surface area (Å²) in [7, 11) is 0. The lowest BCUT2D eigenvalue weighted by atomic mass is 9.98. The monoisotopic (exact) mass is 357 g/mol. The topological polar surface area (TPSA) is 44.4 Å². The summed E-state index contributed by atoms with van der Waals surface area (Å²) in [4.78, 5) is 14.4. The SMILES string of the molecule is CCN1CCCc2cc(CCNC(=O)Nc3ccc(Cl)cc3)ccc21. The van der Waals surface area contributed by atoms with Crippen LogP contribution < -0.4 is 15.5 Å². The van der Waals surface area contributed by atoms with Crippen LogP contribution in [0.5, 0.6) is 0 Å². The van der Waals surface area contributed by atoms with Gasteiger partial charge in [0.05, 0.1) is 0 Å². The summed E-state index contributed by atoms with van der Waals surface area (Å²) in [6.07, 6.45) is 3.18. The van der Waals surface area contributed by atoms with Gasteiger partial charge < -0.3 is 15.5 Å². The second kappa shape index (κ2) is 8.26. The summed E-state index contributed by atoms with van der Waals surface area (Å²) in [6, 6.07) is 13.6. The zero-order valence-corrected chi connectivity index (χ0v) is 15.3. The fourth-order valence-electron chi connectivity index (χ4n) is 3.24. The van der Waals surface area contributed by atoms with Gasteiger partial charge in [-0.05, 0) is 67.6 Å². The van der Waals surface area contributed by atoms with E-state index in [1.54, 1.807) is 24.3 Å². The van der Waals surface area contributed by atoms with Crippen molar-refractivity contribution in [1.82, 2.24) is 5.32 Å². The maximum absolute atomic E-state index is 11.9. The van der Waals surface area contributed by atoms with Crippen LogP contribution in [0.2, 0.25) is 5.02 Å². The molecule has 1 heterocycles. The fourth-order valence-corrected chi connectivity index (χ4v) is 3.37. The molecule has 25 heavy (non-hydrogen) atoms. The molecule has 0 unspecified atom stereocenters. The first kappa shape index (κ1) is 17.6. The Labute approximate surface area is 154 Å². The van der Waals surface area contributed by atoms with E-state index in [2.05, 4.69) is 40.7 Å². The highest BCUT2D eigenvalue weighted by Crippen LogP contribution is 2.27. The smallest absolute Gasteiger partial charge is 0.319 e. The quantitative estimate of drug-likeness (QED) is 0.828. The second-order valence-corrected chi connectivity index (χ2v) is 6.72. The molecule has 0 spiro atoms. The van der Waals surface area contributed by atoms with E-state index >= 15 is 0 Å². The number of anilines is 2. The minimum atomic E-state index is -0.197. The molecule has 1 aliphatic rings. The summed E-state index contributed by atoms with van der Waals surface area (Å²) >= 11 is 5.84. The Morgan fingerprint density at radius 1 is 1.20 bits per heavy atom. The van der Waals surface area contributed by atoms with Crippen molar-refractivity contribution in [2.45, 2.75) is 26.2 Å². The van der Waals surface area contributed by atoms with Crippen molar-refractivity contribution in [3.63, 3.8) is 0 Å². The van der Waals surface area contributed by atoms with Gasteiger partial charge in [0.25, 0.3) is 0 Å². The van der Waals surface area contributed by atoms with E-state index in [1.165, 1.54) is 23.2 Å². The predicted molar refractivity (Wildman–Crippen MR) is 105 cm³/mol. The third-order valence-electron chi connectivity index (χ3n) is 4.54. The van der Waals surface area contributed by atoms with Gasteiger partial charge in [-0.1, -0.05) is 23.7 Å². The number of hydrogen-bond donors (Lipinski definition) is 2. The van der Waals surface area contributed by atoms with Gasteiger partial charge >= 0.3 is 6.03 Å². The van der Waals surface area contributed by atoms with Crippen LogP contribution in [0.4, 0.5) is 16.2 Å². The standard InChI is InChI=1S/C20H24ClN3O/c1-2-24-13-3-4-16-14-15(5-10-19(16)24)11-12-22-20(25)23-18-8-6-17(21)7-9-18/h5-10,14H,2-4,11-13H2,1H3,(H2,22,23,25). The molecule has 0 atom stereocenters. The molecule has 2 aromatic carbocycles. The molecule has 132 valence electrons. The van der Waals surface area contributed by atoms with Crippen LogP contribution in [-0.2, 0) is 12.8 Å². The van der Waals surface area contributed by atoms with Gasteiger partial charge in [-0.25, -0.2) is 4.79 Å². The predicted octanol–water partition coefficient (Wildman–Crippen LogP) is 4.48. The Morgan fingerprint density at radius 3 is 2.76 bits per heavy atom.